The molecule has 4 aromatic carbocycles. The van der Waals surface area contributed by atoms with Gasteiger partial charge in [0.1, 0.15) is 24.2 Å². The number of likely N-dealkylation sites (tertiary alicyclic amines) is 1. The third-order valence-corrected chi connectivity index (χ3v) is 17.1. The minimum absolute atomic E-state index is 0.0450. The maximum atomic E-state index is 14.9. The number of hydrogen-bond acceptors (Lipinski definition) is 10. The first-order valence-electron chi connectivity index (χ1n) is 28.7. The number of nitrogens with zero attached hydrogens (tertiary/aromatic N) is 2. The fraction of sp³-hybridized carbons (Fsp3) is 0.508. The van der Waals surface area contributed by atoms with Crippen LogP contribution in [-0.4, -0.2) is 114 Å². The Bertz CT molecular complexity index is 3010. The standard InChI is InChI=1S/C63H83ClN10O7/c1-36(65-9)55(75)71-53(62(3,4)5)60(80)73-34-43-29-44(28-27-40(43)31-51(73)58(78)69-49-23-15-19-38-17-11-13-21-46(38)49)67-33-42-26-25-41(30-48(42)64)57(77)68-45-32-52(59(79)70-50-24-16-20-39-18-12-14-22-47(39)50)74(35-45)61(81)54(63(6,7)8)72-56(76)37(2)66-10/h11-14,17-18,21-22,25-30,36-37,45,49-54,65-67H,15-16,19-20,23-24,31-35H2,1-10H3,(H,68,77)(H,69,78)(H,70,79)(H,71,75)(H,72,76)/t36-,37-,45-,49+,50+,51-,52-,53?,54?/m0/s1. The number of likely N-dealkylation sites (N-methyl/N-ethyl adjacent to an activating group) is 2. The molecule has 2 heterocycles. The lowest BCUT2D eigenvalue weighted by molar-refractivity contribution is -0.147. The number of carbonyl (C=O) groups excluding carboxylic acids is 7. The Morgan fingerprint density at radius 2 is 1.15 bits per heavy atom. The fourth-order valence-electron chi connectivity index (χ4n) is 11.7. The number of hydrogen-bond donors (Lipinski definition) is 8. The number of fused-ring (bicyclic) bond motifs is 3. The van der Waals surface area contributed by atoms with Crippen LogP contribution >= 0.6 is 11.6 Å². The van der Waals surface area contributed by atoms with Crippen LogP contribution in [0.25, 0.3) is 0 Å². The van der Waals surface area contributed by atoms with Crippen LogP contribution in [0.3, 0.4) is 0 Å². The van der Waals surface area contributed by atoms with Crippen molar-refractivity contribution < 1.29 is 33.6 Å². The highest BCUT2D eigenvalue weighted by atomic mass is 35.5. The zero-order valence-electron chi connectivity index (χ0n) is 48.7. The molecule has 4 aromatic rings. The fourth-order valence-corrected chi connectivity index (χ4v) is 11.9. The van der Waals surface area contributed by atoms with E-state index in [2.05, 4.69) is 60.7 Å². The smallest absolute Gasteiger partial charge is 0.251 e. The Hall–Kier alpha value is -6.82. The molecule has 0 radical (unpaired) electrons. The molecule has 1 fully saturated rings. The van der Waals surface area contributed by atoms with Crippen molar-refractivity contribution in [3.63, 3.8) is 0 Å². The van der Waals surface area contributed by atoms with Crippen LogP contribution in [0.1, 0.15) is 149 Å². The van der Waals surface area contributed by atoms with E-state index < -0.39 is 64.9 Å². The normalized spacial score (nSPS) is 21.1. The largest absolute Gasteiger partial charge is 0.381 e. The average Bonchev–Trinajstić information content (AvgIpc) is 4.02. The highest BCUT2D eigenvalue weighted by Crippen LogP contribution is 2.35. The molecule has 17 nitrogen and oxygen atoms in total. The van der Waals surface area contributed by atoms with E-state index in [4.69, 9.17) is 11.6 Å². The Balaban J connectivity index is 0.971. The van der Waals surface area contributed by atoms with E-state index in [0.717, 1.165) is 66.5 Å². The van der Waals surface area contributed by atoms with Crippen LogP contribution in [-0.2, 0) is 61.1 Å². The first-order chi connectivity index (χ1) is 38.4. The van der Waals surface area contributed by atoms with Gasteiger partial charge in [0.15, 0.2) is 0 Å². The topological polar surface area (TPSA) is 222 Å². The number of rotatable bonds is 17. The lowest BCUT2D eigenvalue weighted by atomic mass is 9.83. The van der Waals surface area contributed by atoms with Gasteiger partial charge in [-0.3, -0.25) is 33.6 Å². The number of nitrogens with one attached hydrogen (secondary N) is 8. The molecule has 1 saturated heterocycles. The van der Waals surface area contributed by atoms with E-state index in [1.165, 1.54) is 16.0 Å². The second-order valence-electron chi connectivity index (χ2n) is 24.7. The summed E-state index contributed by atoms with van der Waals surface area (Å²) in [6.45, 7) is 15.2. The van der Waals surface area contributed by atoms with Crippen LogP contribution in [0.5, 0.6) is 0 Å². The van der Waals surface area contributed by atoms with Crippen molar-refractivity contribution in [3.8, 4) is 0 Å². The highest BCUT2D eigenvalue weighted by molar-refractivity contribution is 6.31. The number of amides is 7. The van der Waals surface area contributed by atoms with Gasteiger partial charge in [-0.1, -0.05) is 114 Å². The molecule has 18 heteroatoms. The second-order valence-corrected chi connectivity index (χ2v) is 25.1. The molecule has 0 bridgehead atoms. The average molecular weight is 1130 g/mol. The lowest BCUT2D eigenvalue weighted by Gasteiger charge is -2.42. The Morgan fingerprint density at radius 3 is 1.68 bits per heavy atom. The summed E-state index contributed by atoms with van der Waals surface area (Å²) in [4.78, 5) is 102. The van der Waals surface area contributed by atoms with Gasteiger partial charge in [-0.15, -0.1) is 0 Å². The highest BCUT2D eigenvalue weighted by Gasteiger charge is 2.47. The first kappa shape index (κ1) is 60.3. The molecule has 8 rings (SSSR count). The quantitative estimate of drug-likeness (QED) is 0.0568. The summed E-state index contributed by atoms with van der Waals surface area (Å²) in [6.07, 6.45) is 5.68. The van der Waals surface area contributed by atoms with Crippen molar-refractivity contribution in [2.45, 2.75) is 174 Å². The van der Waals surface area contributed by atoms with Crippen molar-refractivity contribution >= 4 is 58.6 Å². The van der Waals surface area contributed by atoms with Crippen molar-refractivity contribution in [2.24, 2.45) is 10.8 Å². The van der Waals surface area contributed by atoms with E-state index in [1.807, 2.05) is 90.1 Å². The molecular formula is C63H83ClN10O7. The van der Waals surface area contributed by atoms with E-state index in [9.17, 15) is 33.6 Å². The number of benzene rings is 4. The number of halogens is 1. The summed E-state index contributed by atoms with van der Waals surface area (Å²) in [5, 5.41) is 25.2. The summed E-state index contributed by atoms with van der Waals surface area (Å²) in [5.41, 5.74) is 6.69. The summed E-state index contributed by atoms with van der Waals surface area (Å²) < 4.78 is 0. The molecule has 81 heavy (non-hydrogen) atoms. The van der Waals surface area contributed by atoms with Gasteiger partial charge in [0.05, 0.1) is 24.2 Å². The Kier molecular flexibility index (Phi) is 19.0. The van der Waals surface area contributed by atoms with Gasteiger partial charge < -0.3 is 52.3 Å². The van der Waals surface area contributed by atoms with Gasteiger partial charge in [0, 0.05) is 48.4 Å². The maximum absolute atomic E-state index is 14.9. The molecule has 434 valence electrons. The van der Waals surface area contributed by atoms with E-state index in [1.54, 1.807) is 51.0 Å². The third-order valence-electron chi connectivity index (χ3n) is 16.8. The summed E-state index contributed by atoms with van der Waals surface area (Å²) in [7, 11) is 3.35. The van der Waals surface area contributed by atoms with Crippen LogP contribution < -0.4 is 42.5 Å². The van der Waals surface area contributed by atoms with Gasteiger partial charge in [0.25, 0.3) is 5.91 Å². The van der Waals surface area contributed by atoms with Crippen LogP contribution in [0.15, 0.2) is 84.9 Å². The van der Waals surface area contributed by atoms with Crippen LogP contribution in [0, 0.1) is 10.8 Å². The first-order valence-corrected chi connectivity index (χ1v) is 29.1. The molecule has 2 aliphatic heterocycles. The number of aryl methyl sites for hydroxylation is 2. The van der Waals surface area contributed by atoms with Crippen LogP contribution in [0.4, 0.5) is 5.69 Å². The molecule has 9 atom stereocenters. The van der Waals surface area contributed by atoms with Crippen molar-refractivity contribution in [1.82, 2.24) is 47.0 Å². The molecule has 8 N–H and O–H groups in total. The maximum Gasteiger partial charge on any atom is 0.251 e. The lowest BCUT2D eigenvalue weighted by Crippen LogP contribution is -2.62. The van der Waals surface area contributed by atoms with Crippen molar-refractivity contribution in [1.29, 1.82) is 0 Å². The van der Waals surface area contributed by atoms with Gasteiger partial charge in [0.2, 0.25) is 35.4 Å². The molecule has 0 aromatic heterocycles. The summed E-state index contributed by atoms with van der Waals surface area (Å²) >= 11 is 6.93. The molecule has 7 amide bonds. The Labute approximate surface area is 482 Å². The molecule has 4 aliphatic rings. The van der Waals surface area contributed by atoms with Gasteiger partial charge in [-0.05, 0) is 147 Å². The predicted molar refractivity (Wildman–Crippen MR) is 315 cm³/mol. The predicted octanol–water partition coefficient (Wildman–Crippen LogP) is 6.57. The Morgan fingerprint density at radius 1 is 0.617 bits per heavy atom. The molecular weight excluding hydrogens is 1040 g/mol. The van der Waals surface area contributed by atoms with Crippen molar-refractivity contribution in [2.75, 3.05) is 26.0 Å². The number of carbonyl (C=O) groups is 7. The monoisotopic (exact) mass is 1130 g/mol. The van der Waals surface area contributed by atoms with Gasteiger partial charge in [-0.2, -0.15) is 0 Å². The third kappa shape index (κ3) is 14.1. The SMILES string of the molecule is CN[C@@H](C)C(=O)NC(C(=O)N1Cc2cc(NCc3ccc(C(=O)N[C@H]4C[C@@H](C(=O)N[C@@H]5CCCc6ccccc65)N(C(=O)C(NC(=O)[C@H](C)NC)C(C)(C)C)C4)cc3Cl)ccc2C[C@H]1C(=O)N[C@@H]1CCCc2ccccc21)C(C)(C)C. The number of anilines is 1. The molecule has 0 saturated carbocycles. The summed E-state index contributed by atoms with van der Waals surface area (Å²) in [6, 6.07) is 21.4. The second kappa shape index (κ2) is 25.5. The zero-order valence-corrected chi connectivity index (χ0v) is 49.4. The van der Waals surface area contributed by atoms with E-state index in [-0.39, 0.29) is 67.6 Å². The van der Waals surface area contributed by atoms with Crippen molar-refractivity contribution in [3.05, 3.63) is 134 Å². The van der Waals surface area contributed by atoms with Gasteiger partial charge in [-0.25, -0.2) is 0 Å². The van der Waals surface area contributed by atoms with Crippen LogP contribution in [0.2, 0.25) is 5.02 Å². The molecule has 0 spiro atoms. The van der Waals surface area contributed by atoms with E-state index in [0.29, 0.717) is 22.7 Å². The zero-order chi connectivity index (χ0) is 58.5. The van der Waals surface area contributed by atoms with E-state index >= 15 is 0 Å². The minimum Gasteiger partial charge on any atom is -0.381 e. The van der Waals surface area contributed by atoms with Gasteiger partial charge >= 0.3 is 0 Å². The summed E-state index contributed by atoms with van der Waals surface area (Å²) in [5.74, 6) is -2.41. The molecule has 2 aliphatic carbocycles. The molecule has 2 unspecified atom stereocenters. The minimum atomic E-state index is -0.962.